The average molecular weight is 350 g/mol. The van der Waals surface area contributed by atoms with Crippen LogP contribution in [0.4, 0.5) is 10.6 Å². The topological polar surface area (TPSA) is 58.6 Å². The van der Waals surface area contributed by atoms with Crippen molar-refractivity contribution in [2.45, 2.75) is 57.3 Å². The van der Waals surface area contributed by atoms with Crippen LogP contribution in [0.1, 0.15) is 51.1 Å². The number of anilines is 1. The number of amides is 1. The molecule has 0 bridgehead atoms. The van der Waals surface area contributed by atoms with E-state index in [0.29, 0.717) is 18.3 Å². The molecule has 132 valence electrons. The first-order chi connectivity index (χ1) is 11.3. The Morgan fingerprint density at radius 1 is 1.29 bits per heavy atom. The largest absolute Gasteiger partial charge is 0.444 e. The van der Waals surface area contributed by atoms with Gasteiger partial charge in [0.05, 0.1) is 5.69 Å². The summed E-state index contributed by atoms with van der Waals surface area (Å²) >= 11 is 1.90. The lowest BCUT2D eigenvalue weighted by molar-refractivity contribution is 0.0218. The van der Waals surface area contributed by atoms with Gasteiger partial charge in [0.1, 0.15) is 17.7 Å². The molecule has 2 unspecified atom stereocenters. The predicted octanol–water partition coefficient (Wildman–Crippen LogP) is 3.23. The van der Waals surface area contributed by atoms with Gasteiger partial charge in [-0.1, -0.05) is 0 Å². The van der Waals surface area contributed by atoms with Crippen LogP contribution in [-0.4, -0.2) is 52.2 Å². The van der Waals surface area contributed by atoms with Crippen LogP contribution in [0.5, 0.6) is 0 Å². The van der Waals surface area contributed by atoms with E-state index in [4.69, 9.17) is 4.74 Å². The quantitative estimate of drug-likeness (QED) is 0.775. The number of aromatic nitrogens is 2. The van der Waals surface area contributed by atoms with Gasteiger partial charge in [-0.05, 0) is 34.6 Å². The minimum atomic E-state index is -0.461. The third-order valence-corrected chi connectivity index (χ3v) is 5.55. The molecule has 0 aliphatic carbocycles. The molecule has 1 aromatic rings. The fourth-order valence-electron chi connectivity index (χ4n) is 3.23. The number of rotatable bonds is 1. The monoisotopic (exact) mass is 350 g/mol. The van der Waals surface area contributed by atoms with Gasteiger partial charge >= 0.3 is 6.09 Å². The minimum absolute atomic E-state index is 0.197. The molecule has 0 N–H and O–H groups in total. The summed E-state index contributed by atoms with van der Waals surface area (Å²) in [6.07, 6.45) is 1.44. The van der Waals surface area contributed by atoms with Crippen LogP contribution in [0, 0.1) is 0 Å². The van der Waals surface area contributed by atoms with Crippen LogP contribution in [-0.2, 0) is 10.5 Å². The molecule has 3 rings (SSSR count). The number of piperazine rings is 1. The molecule has 24 heavy (non-hydrogen) atoms. The summed E-state index contributed by atoms with van der Waals surface area (Å²) in [6.45, 7) is 12.1. The van der Waals surface area contributed by atoms with Crippen molar-refractivity contribution in [3.05, 3.63) is 17.6 Å². The Labute approximate surface area is 148 Å². The van der Waals surface area contributed by atoms with Crippen molar-refractivity contribution in [3.63, 3.8) is 0 Å². The van der Waals surface area contributed by atoms with Crippen molar-refractivity contribution in [2.24, 2.45) is 0 Å². The molecule has 1 saturated heterocycles. The number of hydrogen-bond donors (Lipinski definition) is 0. The lowest BCUT2D eigenvalue weighted by atomic mass is 10.1. The van der Waals surface area contributed by atoms with E-state index < -0.39 is 5.60 Å². The highest BCUT2D eigenvalue weighted by molar-refractivity contribution is 7.99. The minimum Gasteiger partial charge on any atom is -0.444 e. The molecular formula is C17H26N4O2S. The second-order valence-corrected chi connectivity index (χ2v) is 8.81. The Morgan fingerprint density at radius 3 is 2.71 bits per heavy atom. The van der Waals surface area contributed by atoms with Gasteiger partial charge in [0, 0.05) is 42.2 Å². The van der Waals surface area contributed by atoms with Gasteiger partial charge in [-0.15, -0.1) is 11.8 Å². The molecule has 2 aliphatic rings. The Hall–Kier alpha value is -1.50. The van der Waals surface area contributed by atoms with Crippen LogP contribution < -0.4 is 4.90 Å². The summed E-state index contributed by atoms with van der Waals surface area (Å²) in [5.74, 6) is 1.99. The molecule has 2 atom stereocenters. The number of nitrogens with zero attached hydrogens (tertiary/aromatic N) is 4. The first-order valence-electron chi connectivity index (χ1n) is 8.46. The summed E-state index contributed by atoms with van der Waals surface area (Å²) < 4.78 is 5.50. The van der Waals surface area contributed by atoms with Crippen molar-refractivity contribution in [1.82, 2.24) is 14.9 Å². The fraction of sp³-hybridized carbons (Fsp3) is 0.706. The van der Waals surface area contributed by atoms with E-state index in [9.17, 15) is 4.79 Å². The SMILES string of the molecule is CC1SCc2ncnc(N3CCN(C(=O)OC(C)(C)C)CC3C)c21. The molecule has 1 amide bonds. The summed E-state index contributed by atoms with van der Waals surface area (Å²) in [7, 11) is 0. The third-order valence-electron chi connectivity index (χ3n) is 4.37. The van der Waals surface area contributed by atoms with Crippen molar-refractivity contribution < 1.29 is 9.53 Å². The van der Waals surface area contributed by atoms with Gasteiger partial charge in [-0.2, -0.15) is 0 Å². The summed E-state index contributed by atoms with van der Waals surface area (Å²) in [5.41, 5.74) is 1.96. The van der Waals surface area contributed by atoms with Crippen molar-refractivity contribution in [2.75, 3.05) is 24.5 Å². The molecule has 0 saturated carbocycles. The molecule has 3 heterocycles. The molecule has 0 radical (unpaired) electrons. The normalized spacial score (nSPS) is 24.0. The van der Waals surface area contributed by atoms with Crippen molar-refractivity contribution in [3.8, 4) is 0 Å². The van der Waals surface area contributed by atoms with Crippen LogP contribution in [0.2, 0.25) is 0 Å². The Bertz CT molecular complexity index is 632. The van der Waals surface area contributed by atoms with E-state index in [-0.39, 0.29) is 12.1 Å². The van der Waals surface area contributed by atoms with Gasteiger partial charge in [0.2, 0.25) is 0 Å². The van der Waals surface area contributed by atoms with E-state index in [2.05, 4.69) is 28.7 Å². The van der Waals surface area contributed by atoms with Crippen LogP contribution in [0.3, 0.4) is 0 Å². The molecule has 1 aromatic heterocycles. The Balaban J connectivity index is 1.74. The van der Waals surface area contributed by atoms with E-state index in [1.165, 1.54) is 5.56 Å². The molecule has 0 aromatic carbocycles. The van der Waals surface area contributed by atoms with E-state index in [0.717, 1.165) is 23.8 Å². The molecule has 0 spiro atoms. The standard InChI is InChI=1S/C17H26N4O2S/c1-11-8-20(16(22)23-17(3,4)5)6-7-21(11)15-14-12(2)24-9-13(14)18-10-19-15/h10-12H,6-9H2,1-5H3. The van der Waals surface area contributed by atoms with Gasteiger partial charge in [-0.25, -0.2) is 14.8 Å². The Morgan fingerprint density at radius 2 is 2.04 bits per heavy atom. The maximum atomic E-state index is 12.3. The smallest absolute Gasteiger partial charge is 0.410 e. The number of carbonyl (C=O) groups is 1. The zero-order chi connectivity index (χ0) is 17.5. The van der Waals surface area contributed by atoms with Gasteiger partial charge in [-0.3, -0.25) is 0 Å². The van der Waals surface area contributed by atoms with Gasteiger partial charge < -0.3 is 14.5 Å². The molecular weight excluding hydrogens is 324 g/mol. The highest BCUT2D eigenvalue weighted by atomic mass is 32.2. The second-order valence-electron chi connectivity index (χ2n) is 7.48. The maximum Gasteiger partial charge on any atom is 0.410 e. The van der Waals surface area contributed by atoms with Crippen LogP contribution >= 0.6 is 11.8 Å². The van der Waals surface area contributed by atoms with Crippen molar-refractivity contribution in [1.29, 1.82) is 0 Å². The zero-order valence-corrected chi connectivity index (χ0v) is 15.9. The Kier molecular flexibility index (Phi) is 4.64. The first kappa shape index (κ1) is 17.3. The van der Waals surface area contributed by atoms with Gasteiger partial charge in [0.15, 0.2) is 0 Å². The summed E-state index contributed by atoms with van der Waals surface area (Å²) in [6, 6.07) is 0.197. The predicted molar refractivity (Wildman–Crippen MR) is 96.4 cm³/mol. The number of fused-ring (bicyclic) bond motifs is 1. The third kappa shape index (κ3) is 3.45. The van der Waals surface area contributed by atoms with Gasteiger partial charge in [0.25, 0.3) is 0 Å². The first-order valence-corrected chi connectivity index (χ1v) is 9.51. The number of carbonyl (C=O) groups excluding carboxylic acids is 1. The maximum absolute atomic E-state index is 12.3. The van der Waals surface area contributed by atoms with Crippen molar-refractivity contribution >= 4 is 23.7 Å². The summed E-state index contributed by atoms with van der Waals surface area (Å²) in [5, 5.41) is 0.423. The highest BCUT2D eigenvalue weighted by Gasteiger charge is 2.34. The number of ether oxygens (including phenoxy) is 1. The average Bonchev–Trinajstić information content (AvgIpc) is 2.87. The second kappa shape index (κ2) is 6.43. The molecule has 6 nitrogen and oxygen atoms in total. The number of thioether (sulfide) groups is 1. The zero-order valence-electron chi connectivity index (χ0n) is 15.1. The van der Waals surface area contributed by atoms with Crippen LogP contribution in [0.15, 0.2) is 6.33 Å². The molecule has 7 heteroatoms. The number of hydrogen-bond acceptors (Lipinski definition) is 6. The van der Waals surface area contributed by atoms with E-state index in [1.54, 1.807) is 11.2 Å². The highest BCUT2D eigenvalue weighted by Crippen LogP contribution is 2.44. The van der Waals surface area contributed by atoms with Crippen LogP contribution in [0.25, 0.3) is 0 Å². The van der Waals surface area contributed by atoms with E-state index >= 15 is 0 Å². The molecule has 1 fully saturated rings. The lowest BCUT2D eigenvalue weighted by Gasteiger charge is -2.41. The summed E-state index contributed by atoms with van der Waals surface area (Å²) in [4.78, 5) is 25.4. The fourth-order valence-corrected chi connectivity index (χ4v) is 4.28. The molecule has 2 aliphatic heterocycles. The van der Waals surface area contributed by atoms with E-state index in [1.807, 2.05) is 32.5 Å². The lowest BCUT2D eigenvalue weighted by Crippen LogP contribution is -2.55.